The van der Waals surface area contributed by atoms with E-state index in [2.05, 4.69) is 10.5 Å². The Kier molecular flexibility index (Phi) is 4.67. The van der Waals surface area contributed by atoms with Crippen LogP contribution < -0.4 is 5.43 Å². The number of rotatable bonds is 3. The van der Waals surface area contributed by atoms with Crippen molar-refractivity contribution < 1.29 is 15.0 Å². The van der Waals surface area contributed by atoms with Crippen LogP contribution in [-0.4, -0.2) is 22.3 Å². The maximum atomic E-state index is 11.7. The molecule has 0 bridgehead atoms. The molecule has 7 heteroatoms. The number of carbonyl (C=O) groups is 1. The summed E-state index contributed by atoms with van der Waals surface area (Å²) in [5, 5.41) is 22.6. The highest BCUT2D eigenvalue weighted by Crippen LogP contribution is 2.40. The molecule has 0 saturated carbocycles. The zero-order valence-electron chi connectivity index (χ0n) is 10.5. The van der Waals surface area contributed by atoms with Crippen LogP contribution in [0.25, 0.3) is 0 Å². The number of phenols is 2. The molecule has 0 radical (unpaired) electrons. The highest BCUT2D eigenvalue weighted by atomic mass is 35.5. The molecule has 3 N–H and O–H groups in total. The number of nitrogens with one attached hydrogen (secondary N) is 1. The van der Waals surface area contributed by atoms with Crippen LogP contribution >= 0.6 is 23.2 Å². The molecule has 108 valence electrons. The van der Waals surface area contributed by atoms with E-state index in [0.29, 0.717) is 5.56 Å². The van der Waals surface area contributed by atoms with E-state index in [9.17, 15) is 15.0 Å². The molecule has 0 saturated heterocycles. The van der Waals surface area contributed by atoms with Gasteiger partial charge in [-0.2, -0.15) is 5.10 Å². The highest BCUT2D eigenvalue weighted by Gasteiger charge is 2.13. The van der Waals surface area contributed by atoms with Crippen molar-refractivity contribution in [1.82, 2.24) is 5.43 Å². The number of hydrazone groups is 1. The monoisotopic (exact) mass is 324 g/mol. The van der Waals surface area contributed by atoms with Gasteiger partial charge in [-0.1, -0.05) is 41.4 Å². The summed E-state index contributed by atoms with van der Waals surface area (Å²) in [5.74, 6) is -1.19. The van der Waals surface area contributed by atoms with Gasteiger partial charge in [0.2, 0.25) is 0 Å². The van der Waals surface area contributed by atoms with Crippen LogP contribution in [0.5, 0.6) is 11.5 Å². The fourth-order valence-electron chi connectivity index (χ4n) is 1.53. The first kappa shape index (κ1) is 15.2. The van der Waals surface area contributed by atoms with E-state index >= 15 is 0 Å². The van der Waals surface area contributed by atoms with Crippen LogP contribution in [0.4, 0.5) is 0 Å². The van der Waals surface area contributed by atoms with Crippen molar-refractivity contribution in [3.05, 3.63) is 57.6 Å². The number of benzene rings is 2. The molecular weight excluding hydrogens is 315 g/mol. The Morgan fingerprint density at radius 2 is 1.81 bits per heavy atom. The van der Waals surface area contributed by atoms with Gasteiger partial charge >= 0.3 is 0 Å². The van der Waals surface area contributed by atoms with E-state index in [1.165, 1.54) is 12.3 Å². The lowest BCUT2D eigenvalue weighted by atomic mass is 10.2. The minimum absolute atomic E-state index is 0.0337. The van der Waals surface area contributed by atoms with Crippen LogP contribution in [0.1, 0.15) is 15.9 Å². The molecule has 0 aliphatic heterocycles. The Labute approximate surface area is 130 Å². The molecule has 2 aromatic carbocycles. The van der Waals surface area contributed by atoms with Crippen molar-refractivity contribution in [2.45, 2.75) is 0 Å². The van der Waals surface area contributed by atoms with Crippen molar-refractivity contribution in [1.29, 1.82) is 0 Å². The molecule has 0 fully saturated rings. The van der Waals surface area contributed by atoms with Crippen LogP contribution in [-0.2, 0) is 0 Å². The van der Waals surface area contributed by atoms with Crippen LogP contribution in [0.2, 0.25) is 10.0 Å². The third-order valence-electron chi connectivity index (χ3n) is 2.60. The molecule has 21 heavy (non-hydrogen) atoms. The summed E-state index contributed by atoms with van der Waals surface area (Å²) in [6.07, 6.45) is 1.17. The van der Waals surface area contributed by atoms with Crippen molar-refractivity contribution in [2.24, 2.45) is 5.10 Å². The largest absolute Gasteiger partial charge is 0.506 e. The summed E-state index contributed by atoms with van der Waals surface area (Å²) >= 11 is 11.4. The maximum absolute atomic E-state index is 11.7. The SMILES string of the molecule is O=C(N/N=C/c1cc(Cl)c(O)c(Cl)c1O)c1ccccc1. The molecule has 0 spiro atoms. The second-order valence-electron chi connectivity index (χ2n) is 4.02. The average molecular weight is 325 g/mol. The Bertz CT molecular complexity index is 703. The minimum Gasteiger partial charge on any atom is -0.506 e. The van der Waals surface area contributed by atoms with Crippen molar-refractivity contribution >= 4 is 35.3 Å². The summed E-state index contributed by atoms with van der Waals surface area (Å²) in [5.41, 5.74) is 2.91. The first-order valence-corrected chi connectivity index (χ1v) is 6.54. The predicted octanol–water partition coefficient (Wildman–Crippen LogP) is 3.17. The topological polar surface area (TPSA) is 81.9 Å². The third-order valence-corrected chi connectivity index (χ3v) is 3.25. The molecule has 2 aromatic rings. The molecular formula is C14H10Cl2N2O3. The Morgan fingerprint density at radius 1 is 1.14 bits per heavy atom. The summed E-state index contributed by atoms with van der Waals surface area (Å²) in [6, 6.07) is 9.79. The molecule has 0 heterocycles. The smallest absolute Gasteiger partial charge is 0.271 e. The molecule has 1 amide bonds. The predicted molar refractivity (Wildman–Crippen MR) is 81.3 cm³/mol. The molecule has 0 aliphatic rings. The lowest BCUT2D eigenvalue weighted by molar-refractivity contribution is 0.0955. The lowest BCUT2D eigenvalue weighted by Gasteiger charge is -2.05. The van der Waals surface area contributed by atoms with E-state index in [4.69, 9.17) is 23.2 Å². The number of phenolic OH excluding ortho intramolecular Hbond substituents is 2. The molecule has 0 aliphatic carbocycles. The van der Waals surface area contributed by atoms with Gasteiger partial charge in [0.05, 0.1) is 11.2 Å². The van der Waals surface area contributed by atoms with Gasteiger partial charge in [-0.25, -0.2) is 5.43 Å². The molecule has 2 rings (SSSR count). The fourth-order valence-corrected chi connectivity index (χ4v) is 2.00. The molecule has 0 atom stereocenters. The van der Waals surface area contributed by atoms with Gasteiger partial charge < -0.3 is 10.2 Å². The van der Waals surface area contributed by atoms with Crippen molar-refractivity contribution in [2.75, 3.05) is 0 Å². The Morgan fingerprint density at radius 3 is 2.48 bits per heavy atom. The van der Waals surface area contributed by atoms with Crippen LogP contribution in [0.15, 0.2) is 41.5 Å². The number of carbonyl (C=O) groups excluding carboxylic acids is 1. The second kappa shape index (κ2) is 6.47. The molecule has 5 nitrogen and oxygen atoms in total. The van der Waals surface area contributed by atoms with E-state index in [1.807, 2.05) is 0 Å². The number of nitrogens with zero attached hydrogens (tertiary/aromatic N) is 1. The minimum atomic E-state index is -0.415. The van der Waals surface area contributed by atoms with E-state index in [-0.39, 0.29) is 21.4 Å². The fraction of sp³-hybridized carbons (Fsp3) is 0. The normalized spacial score (nSPS) is 10.8. The highest BCUT2D eigenvalue weighted by molar-refractivity contribution is 6.38. The van der Waals surface area contributed by atoms with Crippen molar-refractivity contribution in [3.63, 3.8) is 0 Å². The maximum Gasteiger partial charge on any atom is 0.271 e. The van der Waals surface area contributed by atoms with Gasteiger partial charge in [0.15, 0.2) is 5.75 Å². The van der Waals surface area contributed by atoms with Crippen LogP contribution in [0, 0.1) is 0 Å². The molecule has 0 unspecified atom stereocenters. The van der Waals surface area contributed by atoms with Gasteiger partial charge in [0, 0.05) is 11.1 Å². The summed E-state index contributed by atoms with van der Waals surface area (Å²) in [7, 11) is 0. The second-order valence-corrected chi connectivity index (χ2v) is 4.81. The van der Waals surface area contributed by atoms with Gasteiger partial charge in [-0.15, -0.1) is 0 Å². The van der Waals surface area contributed by atoms with Crippen molar-refractivity contribution in [3.8, 4) is 11.5 Å². The number of amides is 1. The van der Waals surface area contributed by atoms with E-state index < -0.39 is 11.7 Å². The number of aromatic hydroxyl groups is 2. The molecule has 0 aromatic heterocycles. The first-order valence-electron chi connectivity index (χ1n) is 5.79. The summed E-state index contributed by atoms with van der Waals surface area (Å²) in [4.78, 5) is 11.7. The lowest BCUT2D eigenvalue weighted by Crippen LogP contribution is -2.17. The van der Waals surface area contributed by atoms with E-state index in [0.717, 1.165) is 0 Å². The number of halogens is 2. The average Bonchev–Trinajstić information content (AvgIpc) is 2.51. The zero-order valence-corrected chi connectivity index (χ0v) is 12.1. The quantitative estimate of drug-likeness (QED) is 0.599. The standard InChI is InChI=1S/C14H10Cl2N2O3/c15-10-6-9(12(19)11(16)13(10)20)7-17-18-14(21)8-4-2-1-3-5-8/h1-7,19-20H,(H,18,21)/b17-7+. The Balaban J connectivity index is 2.14. The number of hydrogen-bond acceptors (Lipinski definition) is 4. The third kappa shape index (κ3) is 3.45. The zero-order chi connectivity index (χ0) is 15.4. The van der Waals surface area contributed by atoms with Gasteiger partial charge in [-0.05, 0) is 18.2 Å². The number of hydrogen-bond donors (Lipinski definition) is 3. The van der Waals surface area contributed by atoms with Crippen LogP contribution in [0.3, 0.4) is 0 Å². The summed E-state index contributed by atoms with van der Waals surface area (Å²) in [6.45, 7) is 0. The van der Waals surface area contributed by atoms with Gasteiger partial charge in [0.25, 0.3) is 5.91 Å². The first-order chi connectivity index (χ1) is 10.0. The Hall–Kier alpha value is -2.24. The van der Waals surface area contributed by atoms with E-state index in [1.54, 1.807) is 30.3 Å². The van der Waals surface area contributed by atoms with Gasteiger partial charge in [0.1, 0.15) is 10.8 Å². The van der Waals surface area contributed by atoms with Gasteiger partial charge in [-0.3, -0.25) is 4.79 Å². The summed E-state index contributed by atoms with van der Waals surface area (Å²) < 4.78 is 0.